The molecule has 2 saturated heterocycles. The lowest BCUT2D eigenvalue weighted by atomic mass is 9.73. The maximum atomic E-state index is 5.76. The van der Waals surface area contributed by atoms with Crippen LogP contribution >= 0.6 is 0 Å². The molecule has 2 fully saturated rings. The Morgan fingerprint density at radius 1 is 1.19 bits per heavy atom. The number of nitrogens with zero attached hydrogens (tertiary/aromatic N) is 4. The number of hydrogen-bond acceptors (Lipinski definition) is 5. The van der Waals surface area contributed by atoms with Crippen LogP contribution in [0.3, 0.4) is 0 Å². The highest BCUT2D eigenvalue weighted by molar-refractivity contribution is 5.19. The van der Waals surface area contributed by atoms with Gasteiger partial charge in [-0.25, -0.2) is 0 Å². The molecule has 5 heteroatoms. The molecular formula is C22H32N4O. The van der Waals surface area contributed by atoms with Crippen molar-refractivity contribution < 1.29 is 4.52 Å². The number of rotatable bonds is 6. The molecule has 2 aliphatic rings. The van der Waals surface area contributed by atoms with Crippen molar-refractivity contribution in [2.45, 2.75) is 39.0 Å². The molecule has 0 spiro atoms. The predicted molar refractivity (Wildman–Crippen MR) is 107 cm³/mol. The molecular weight excluding hydrogens is 336 g/mol. The van der Waals surface area contributed by atoms with Gasteiger partial charge in [0.05, 0.1) is 5.41 Å². The minimum absolute atomic E-state index is 0.00884. The van der Waals surface area contributed by atoms with Gasteiger partial charge in [-0.2, -0.15) is 4.98 Å². The fourth-order valence-electron chi connectivity index (χ4n) is 5.03. The van der Waals surface area contributed by atoms with Crippen LogP contribution in [0.1, 0.15) is 37.5 Å². The smallest absolute Gasteiger partial charge is 0.235 e. The van der Waals surface area contributed by atoms with Crippen LogP contribution in [0.5, 0.6) is 0 Å². The van der Waals surface area contributed by atoms with E-state index in [1.807, 2.05) is 6.92 Å². The highest BCUT2D eigenvalue weighted by atomic mass is 16.5. The Hall–Kier alpha value is -1.72. The summed E-state index contributed by atoms with van der Waals surface area (Å²) in [5.74, 6) is 2.90. The van der Waals surface area contributed by atoms with E-state index >= 15 is 0 Å². The SMILES string of the molecule is Cc1noc([C@]23CN(CC(C)C)CC[C@H]2CN(CCc2ccccc2)C3)n1. The molecule has 2 atom stereocenters. The van der Waals surface area contributed by atoms with Gasteiger partial charge in [0.25, 0.3) is 0 Å². The molecule has 0 amide bonds. The molecule has 0 N–H and O–H groups in total. The van der Waals surface area contributed by atoms with Crippen LogP contribution in [-0.4, -0.2) is 59.2 Å². The molecule has 3 heterocycles. The van der Waals surface area contributed by atoms with Gasteiger partial charge in [0.15, 0.2) is 5.82 Å². The lowest BCUT2D eigenvalue weighted by Gasteiger charge is -2.42. The molecule has 0 bridgehead atoms. The molecule has 1 aromatic heterocycles. The molecule has 4 rings (SSSR count). The lowest BCUT2D eigenvalue weighted by molar-refractivity contribution is 0.0845. The number of aryl methyl sites for hydroxylation is 1. The highest BCUT2D eigenvalue weighted by Crippen LogP contribution is 2.44. The molecule has 1 aromatic carbocycles. The second-order valence-electron chi connectivity index (χ2n) is 8.89. The Balaban J connectivity index is 1.52. The summed E-state index contributed by atoms with van der Waals surface area (Å²) in [6, 6.07) is 10.8. The predicted octanol–water partition coefficient (Wildman–Crippen LogP) is 3.15. The van der Waals surface area contributed by atoms with Crippen molar-refractivity contribution >= 4 is 0 Å². The van der Waals surface area contributed by atoms with Gasteiger partial charge in [-0.15, -0.1) is 0 Å². The van der Waals surface area contributed by atoms with Crippen molar-refractivity contribution in [3.63, 3.8) is 0 Å². The fourth-order valence-corrected chi connectivity index (χ4v) is 5.03. The molecule has 0 aliphatic carbocycles. The fraction of sp³-hybridized carbons (Fsp3) is 0.636. The van der Waals surface area contributed by atoms with E-state index in [1.165, 1.54) is 18.5 Å². The van der Waals surface area contributed by atoms with E-state index in [0.29, 0.717) is 11.8 Å². The number of piperidine rings is 1. The van der Waals surface area contributed by atoms with Crippen LogP contribution in [0.25, 0.3) is 0 Å². The first-order valence-corrected chi connectivity index (χ1v) is 10.3. The van der Waals surface area contributed by atoms with Crippen molar-refractivity contribution in [2.24, 2.45) is 11.8 Å². The van der Waals surface area contributed by atoms with Gasteiger partial charge in [-0.1, -0.05) is 49.3 Å². The first-order chi connectivity index (χ1) is 13.0. The number of hydrogen-bond donors (Lipinski definition) is 0. The van der Waals surface area contributed by atoms with Crippen LogP contribution in [0.2, 0.25) is 0 Å². The van der Waals surface area contributed by atoms with Crippen LogP contribution in [0.15, 0.2) is 34.9 Å². The van der Waals surface area contributed by atoms with Crippen LogP contribution in [0.4, 0.5) is 0 Å². The molecule has 0 unspecified atom stereocenters. The minimum Gasteiger partial charge on any atom is -0.339 e. The van der Waals surface area contributed by atoms with Crippen molar-refractivity contribution in [1.82, 2.24) is 19.9 Å². The Labute approximate surface area is 162 Å². The van der Waals surface area contributed by atoms with E-state index < -0.39 is 0 Å². The molecule has 146 valence electrons. The Bertz CT molecular complexity index is 744. The van der Waals surface area contributed by atoms with Crippen molar-refractivity contribution in [2.75, 3.05) is 39.3 Å². The van der Waals surface area contributed by atoms with Crippen molar-refractivity contribution in [1.29, 1.82) is 0 Å². The average Bonchev–Trinajstić information content (AvgIpc) is 3.24. The normalized spacial score (nSPS) is 26.6. The number of aromatic nitrogens is 2. The first-order valence-electron chi connectivity index (χ1n) is 10.3. The van der Waals surface area contributed by atoms with Gasteiger partial charge in [-0.3, -0.25) is 0 Å². The lowest BCUT2D eigenvalue weighted by Crippen LogP contribution is -2.52. The summed E-state index contributed by atoms with van der Waals surface area (Å²) >= 11 is 0. The van der Waals surface area contributed by atoms with Crippen molar-refractivity contribution in [3.05, 3.63) is 47.6 Å². The zero-order valence-electron chi connectivity index (χ0n) is 16.9. The molecule has 5 nitrogen and oxygen atoms in total. The maximum Gasteiger partial charge on any atom is 0.235 e. The van der Waals surface area contributed by atoms with Crippen LogP contribution in [-0.2, 0) is 11.8 Å². The number of fused-ring (bicyclic) bond motifs is 1. The number of benzene rings is 1. The van der Waals surface area contributed by atoms with Gasteiger partial charge in [0.1, 0.15) is 0 Å². The first kappa shape index (κ1) is 18.6. The zero-order chi connectivity index (χ0) is 18.9. The third kappa shape index (κ3) is 3.94. The standard InChI is InChI=1S/C22H32N4O/c1-17(2)13-25-12-10-20-14-26(11-9-19-7-5-4-6-8-19)16-22(20,15-25)21-23-18(3)24-27-21/h4-8,17,20H,9-16H2,1-3H3/t20-,22-/m0/s1. The maximum absolute atomic E-state index is 5.76. The third-order valence-corrected chi connectivity index (χ3v) is 6.20. The molecule has 2 aliphatic heterocycles. The molecule has 2 aromatic rings. The quantitative estimate of drug-likeness (QED) is 0.784. The van der Waals surface area contributed by atoms with Gasteiger partial charge in [0.2, 0.25) is 5.89 Å². The second kappa shape index (κ2) is 7.72. The highest BCUT2D eigenvalue weighted by Gasteiger charge is 2.54. The summed E-state index contributed by atoms with van der Waals surface area (Å²) in [5.41, 5.74) is 1.40. The van der Waals surface area contributed by atoms with E-state index in [2.05, 4.69) is 59.1 Å². The van der Waals surface area contributed by atoms with Crippen LogP contribution in [0, 0.1) is 18.8 Å². The summed E-state index contributed by atoms with van der Waals surface area (Å²) in [5, 5.41) is 4.13. The zero-order valence-corrected chi connectivity index (χ0v) is 16.9. The largest absolute Gasteiger partial charge is 0.339 e. The monoisotopic (exact) mass is 368 g/mol. The molecule has 27 heavy (non-hydrogen) atoms. The van der Waals surface area contributed by atoms with E-state index in [4.69, 9.17) is 9.51 Å². The molecule has 0 saturated carbocycles. The van der Waals surface area contributed by atoms with Gasteiger partial charge in [0, 0.05) is 32.7 Å². The van der Waals surface area contributed by atoms with Gasteiger partial charge in [-0.05, 0) is 43.7 Å². The second-order valence-corrected chi connectivity index (χ2v) is 8.89. The summed E-state index contributed by atoms with van der Waals surface area (Å²) in [7, 11) is 0. The molecule has 0 radical (unpaired) electrons. The topological polar surface area (TPSA) is 45.4 Å². The Morgan fingerprint density at radius 2 is 1.96 bits per heavy atom. The van der Waals surface area contributed by atoms with E-state index in [0.717, 1.165) is 50.9 Å². The Kier molecular flexibility index (Phi) is 5.33. The summed E-state index contributed by atoms with van der Waals surface area (Å²) in [6.07, 6.45) is 2.32. The van der Waals surface area contributed by atoms with E-state index in [-0.39, 0.29) is 5.41 Å². The number of likely N-dealkylation sites (tertiary alicyclic amines) is 2. The van der Waals surface area contributed by atoms with E-state index in [9.17, 15) is 0 Å². The Morgan fingerprint density at radius 3 is 2.67 bits per heavy atom. The van der Waals surface area contributed by atoms with Crippen LogP contribution < -0.4 is 0 Å². The van der Waals surface area contributed by atoms with Gasteiger partial charge < -0.3 is 14.3 Å². The summed E-state index contributed by atoms with van der Waals surface area (Å²) in [4.78, 5) is 9.94. The summed E-state index contributed by atoms with van der Waals surface area (Å²) < 4.78 is 5.76. The average molecular weight is 369 g/mol. The third-order valence-electron chi connectivity index (χ3n) is 6.20. The summed E-state index contributed by atoms with van der Waals surface area (Å²) in [6.45, 7) is 13.2. The van der Waals surface area contributed by atoms with Gasteiger partial charge >= 0.3 is 0 Å². The van der Waals surface area contributed by atoms with Crippen molar-refractivity contribution in [3.8, 4) is 0 Å². The van der Waals surface area contributed by atoms with E-state index in [1.54, 1.807) is 0 Å². The minimum atomic E-state index is -0.00884.